The molecule has 0 fully saturated rings. The molecule has 0 saturated carbocycles. The van der Waals surface area contributed by atoms with Crippen LogP contribution in [0.3, 0.4) is 0 Å². The molecule has 0 aliphatic heterocycles. The van der Waals surface area contributed by atoms with Crippen LogP contribution in [0.25, 0.3) is 89.2 Å². The minimum Gasteiger partial charge on any atom is -0.309 e. The lowest BCUT2D eigenvalue weighted by molar-refractivity contribution is 0.952. The van der Waals surface area contributed by atoms with Crippen molar-refractivity contribution in [2.24, 2.45) is 0 Å². The van der Waals surface area contributed by atoms with Crippen LogP contribution in [0.5, 0.6) is 0 Å². The van der Waals surface area contributed by atoms with Crippen LogP contribution in [0.4, 0.5) is 0 Å². The molecule has 12 rings (SSSR count). The highest BCUT2D eigenvalue weighted by Gasteiger charge is 2.30. The van der Waals surface area contributed by atoms with Crippen molar-refractivity contribution in [2.45, 2.75) is 5.92 Å². The van der Waals surface area contributed by atoms with Gasteiger partial charge in [0.05, 0.1) is 64.6 Å². The van der Waals surface area contributed by atoms with Gasteiger partial charge in [-0.1, -0.05) is 157 Å². The molecule has 1 aliphatic carbocycles. The number of nitrogens with zero attached hydrogens (tertiary/aromatic N) is 5. The fraction of sp³-hybridized carbons (Fsp3) is 0.0192. The first-order valence-electron chi connectivity index (χ1n) is 32.4. The first kappa shape index (κ1) is 13.8. The van der Waals surface area contributed by atoms with E-state index in [2.05, 4.69) is 15.0 Å². The van der Waals surface area contributed by atoms with Crippen molar-refractivity contribution in [3.8, 4) is 45.5 Å². The SMILES string of the molecule is [2H]c1cc([2H])c(-n2c3c([2H])c([2H])c([2H])c([2H])c3c3c([2H])c([2H])c4c(c5c([2H])c([2H])c([2H])c([2H])c5n4-c4nc(-c5c([2H])c([2H])c([2H])c([2H])c5[2H])nc(-c5c([2H])c([2H])c6c(c5[2H])C(c5c([2H])c([2H])c([2H])c([2H])c5[2H])c5c([2H])c([2H])c([2H])c([2H])c5-6)n4)c32)c([2H])c1[2H]. The van der Waals surface area contributed by atoms with E-state index in [-0.39, 0.29) is 0 Å². The Bertz CT molecular complexity index is 5130. The zero-order chi connectivity index (χ0) is 64.4. The lowest BCUT2D eigenvalue weighted by Crippen LogP contribution is -2.07. The predicted molar refractivity (Wildman–Crippen MR) is 232 cm³/mol. The van der Waals surface area contributed by atoms with Gasteiger partial charge in [0.25, 0.3) is 0 Å². The van der Waals surface area contributed by atoms with Crippen molar-refractivity contribution < 1.29 is 42.5 Å². The van der Waals surface area contributed by atoms with Crippen molar-refractivity contribution in [3.05, 3.63) is 210 Å². The summed E-state index contributed by atoms with van der Waals surface area (Å²) in [4.78, 5) is 13.6. The lowest BCUT2D eigenvalue weighted by Gasteiger charge is -2.15. The van der Waals surface area contributed by atoms with Crippen molar-refractivity contribution in [1.82, 2.24) is 24.1 Å². The summed E-state index contributed by atoms with van der Waals surface area (Å²) in [6.45, 7) is 0. The number of hydrogen-bond donors (Lipinski definition) is 0. The van der Waals surface area contributed by atoms with E-state index >= 15 is 0 Å². The van der Waals surface area contributed by atoms with Crippen molar-refractivity contribution >= 4 is 43.6 Å². The molecule has 0 radical (unpaired) electrons. The zero-order valence-corrected chi connectivity index (χ0v) is 28.4. The molecule has 266 valence electrons. The average molecular weight is 759 g/mol. The molecule has 1 aliphatic rings. The van der Waals surface area contributed by atoms with Crippen LogP contribution in [-0.2, 0) is 0 Å². The largest absolute Gasteiger partial charge is 0.309 e. The van der Waals surface area contributed by atoms with Gasteiger partial charge < -0.3 is 4.57 Å². The van der Waals surface area contributed by atoms with Crippen LogP contribution < -0.4 is 0 Å². The molecule has 1 unspecified atom stereocenters. The maximum absolute atomic E-state index is 10.1. The average Bonchev–Trinajstić information content (AvgIpc) is 1.52. The molecule has 11 aromatic rings. The molecule has 1 atom stereocenters. The van der Waals surface area contributed by atoms with Crippen LogP contribution in [0.2, 0.25) is 0 Å². The van der Waals surface area contributed by atoms with Crippen LogP contribution in [0, 0.1) is 0 Å². The van der Waals surface area contributed by atoms with Crippen LogP contribution in [0.15, 0.2) is 193 Å². The molecule has 5 heteroatoms. The second-order valence-electron chi connectivity index (χ2n) is 12.4. The molecule has 3 heterocycles. The summed E-state index contributed by atoms with van der Waals surface area (Å²) >= 11 is 0. The highest BCUT2D eigenvalue weighted by atomic mass is 15.2. The molecule has 0 bridgehead atoms. The van der Waals surface area contributed by atoms with E-state index in [0.29, 0.717) is 0 Å². The van der Waals surface area contributed by atoms with Gasteiger partial charge in [-0.2, -0.15) is 9.97 Å². The summed E-state index contributed by atoms with van der Waals surface area (Å²) in [5.74, 6) is -4.81. The Hall–Kier alpha value is -7.63. The maximum atomic E-state index is 10.1. The fourth-order valence-electron chi connectivity index (χ4n) is 7.21. The quantitative estimate of drug-likeness (QED) is 0.176. The van der Waals surface area contributed by atoms with Crippen molar-refractivity contribution in [1.29, 1.82) is 0 Å². The minimum absolute atomic E-state index is 0.468. The highest BCUT2D eigenvalue weighted by Crippen LogP contribution is 2.49. The maximum Gasteiger partial charge on any atom is 0.238 e. The summed E-state index contributed by atoms with van der Waals surface area (Å²) in [6, 6.07) is -26.8. The van der Waals surface area contributed by atoms with Crippen molar-refractivity contribution in [3.63, 3.8) is 0 Å². The normalized spacial score (nSPS) is 21.1. The second-order valence-corrected chi connectivity index (χ2v) is 12.4. The summed E-state index contributed by atoms with van der Waals surface area (Å²) in [5.41, 5.74) is -7.48. The first-order chi connectivity index (χ1) is 41.2. The van der Waals surface area contributed by atoms with Gasteiger partial charge in [0, 0.05) is 44.3 Å². The second kappa shape index (κ2) is 12.4. The van der Waals surface area contributed by atoms with Crippen molar-refractivity contribution in [2.75, 3.05) is 0 Å². The van der Waals surface area contributed by atoms with Gasteiger partial charge in [0.1, 0.15) is 0 Å². The summed E-state index contributed by atoms with van der Waals surface area (Å²) in [7, 11) is 0. The molecule has 0 saturated heterocycles. The third-order valence-electron chi connectivity index (χ3n) is 9.47. The van der Waals surface area contributed by atoms with Gasteiger partial charge in [-0.25, -0.2) is 4.98 Å². The molecule has 8 aromatic carbocycles. The zero-order valence-electron chi connectivity index (χ0n) is 59.4. The predicted octanol–water partition coefficient (Wildman–Crippen LogP) is 12.6. The van der Waals surface area contributed by atoms with E-state index in [9.17, 15) is 13.7 Å². The molecule has 0 spiro atoms. The monoisotopic (exact) mass is 758 g/mol. The van der Waals surface area contributed by atoms with E-state index in [1.54, 1.807) is 0 Å². The van der Waals surface area contributed by atoms with Gasteiger partial charge >= 0.3 is 0 Å². The van der Waals surface area contributed by atoms with Gasteiger partial charge in [-0.15, -0.1) is 0 Å². The number of para-hydroxylation sites is 3. The molecular formula is C52H33N5. The Morgan fingerprint density at radius 2 is 1.11 bits per heavy atom. The van der Waals surface area contributed by atoms with Crippen LogP contribution >= 0.6 is 0 Å². The third kappa shape index (κ3) is 4.79. The molecule has 0 amide bonds. The number of rotatable bonds is 5. The van der Waals surface area contributed by atoms with E-state index in [0.717, 1.165) is 15.2 Å². The topological polar surface area (TPSA) is 48.5 Å². The lowest BCUT2D eigenvalue weighted by atomic mass is 9.89. The van der Waals surface area contributed by atoms with Crippen LogP contribution in [-0.4, -0.2) is 24.1 Å². The minimum atomic E-state index is -1.94. The Labute approximate surface area is 372 Å². The third-order valence-corrected chi connectivity index (χ3v) is 9.47. The van der Waals surface area contributed by atoms with E-state index in [4.69, 9.17) is 28.8 Å². The summed E-state index contributed by atoms with van der Waals surface area (Å²) < 4.78 is 282. The Balaban J connectivity index is 1.33. The van der Waals surface area contributed by atoms with Gasteiger partial charge in [-0.05, 0) is 64.1 Å². The Morgan fingerprint density at radius 1 is 0.439 bits per heavy atom. The summed E-state index contributed by atoms with van der Waals surface area (Å²) in [6.07, 6.45) is 0. The van der Waals surface area contributed by atoms with Crippen LogP contribution in [0.1, 0.15) is 65.1 Å². The number of hydrogen-bond acceptors (Lipinski definition) is 3. The first-order valence-corrected chi connectivity index (χ1v) is 16.9. The standard InChI is InChI=1S/C52H33N5/c1-4-16-33(17-5-1)47-40-24-11-10-22-37(40)38-29-28-35(32-43(38)47)51-53-50(34-18-6-2-7-19-34)54-52(55-51)57-45-27-15-13-25-42(45)48-46(57)31-30-41-39-23-12-14-26-44(39)56(49(41)48)36-20-8-3-9-21-36/h1-32,47H/i1D,2D,3D,4D,5D,6D,7D,8D,10D,11D,12D,13D,14D,15D,16D,17D,18D,19D,20D,21D,22D,23D,24D,25D,26D,27D,28D,29D,30D,31D,32D. The highest BCUT2D eigenvalue weighted by molar-refractivity contribution is 6.26. The Morgan fingerprint density at radius 3 is 1.95 bits per heavy atom. The molecule has 5 nitrogen and oxygen atoms in total. The smallest absolute Gasteiger partial charge is 0.238 e. The van der Waals surface area contributed by atoms with Gasteiger partial charge in [0.2, 0.25) is 5.95 Å². The summed E-state index contributed by atoms with van der Waals surface area (Å²) in [5, 5.41) is -2.15. The molecular weight excluding hydrogens is 695 g/mol. The number of fused-ring (bicyclic) bond motifs is 10. The molecule has 3 aromatic heterocycles. The number of benzene rings is 8. The van der Waals surface area contributed by atoms with E-state index in [1.165, 1.54) is 0 Å². The molecule has 57 heavy (non-hydrogen) atoms. The molecule has 0 N–H and O–H groups in total. The van der Waals surface area contributed by atoms with E-state index in [1.807, 2.05) is 0 Å². The van der Waals surface area contributed by atoms with Gasteiger partial charge in [0.15, 0.2) is 11.6 Å². The van der Waals surface area contributed by atoms with Gasteiger partial charge in [-0.3, -0.25) is 4.57 Å². The van der Waals surface area contributed by atoms with E-state index < -0.39 is 299 Å². The number of aromatic nitrogens is 5. The Kier molecular flexibility index (Phi) is 3.02. The fourth-order valence-corrected chi connectivity index (χ4v) is 7.21.